The molecule has 4 heteroatoms. The Balaban J connectivity index is 1.96. The smallest absolute Gasteiger partial charge is 0.253 e. The van der Waals surface area contributed by atoms with Crippen LogP contribution in [0.15, 0.2) is 48.7 Å². The molecule has 0 aliphatic carbocycles. The van der Waals surface area contributed by atoms with E-state index in [-0.39, 0.29) is 5.91 Å². The first kappa shape index (κ1) is 17.0. The van der Waals surface area contributed by atoms with Crippen molar-refractivity contribution in [2.75, 3.05) is 18.0 Å². The molecule has 4 nitrogen and oxygen atoms in total. The zero-order valence-electron chi connectivity index (χ0n) is 14.0. The highest BCUT2D eigenvalue weighted by molar-refractivity contribution is 5.94. The number of pyridine rings is 1. The summed E-state index contributed by atoms with van der Waals surface area (Å²) in [5.74, 6) is 0.846. The molecular weight excluding hydrogens is 286 g/mol. The molecule has 0 bridgehead atoms. The van der Waals surface area contributed by atoms with Gasteiger partial charge in [0.1, 0.15) is 5.82 Å². The number of nitrogens with zero attached hydrogens (tertiary/aromatic N) is 2. The van der Waals surface area contributed by atoms with E-state index < -0.39 is 0 Å². The molecule has 1 N–H and O–H groups in total. The minimum atomic E-state index is -0.0922. The van der Waals surface area contributed by atoms with E-state index in [9.17, 15) is 4.79 Å². The first-order valence-corrected chi connectivity index (χ1v) is 8.27. The predicted molar refractivity (Wildman–Crippen MR) is 94.6 cm³/mol. The third-order valence-corrected chi connectivity index (χ3v) is 3.62. The quantitative estimate of drug-likeness (QED) is 0.809. The summed E-state index contributed by atoms with van der Waals surface area (Å²) in [6.45, 7) is 6.82. The molecule has 2 rings (SSSR count). The van der Waals surface area contributed by atoms with Gasteiger partial charge in [-0.1, -0.05) is 44.2 Å². The second-order valence-corrected chi connectivity index (χ2v) is 5.56. The standard InChI is InChI=1S/C19H25N3O/c1-3-12-22(13-4-2)18-11-10-17(15-20-18)19(23)21-14-16-8-6-5-7-9-16/h5-11,15H,3-4,12-14H2,1-2H3,(H,21,23). The van der Waals surface area contributed by atoms with Crippen LogP contribution in [-0.2, 0) is 6.54 Å². The molecule has 2 aromatic rings. The van der Waals surface area contributed by atoms with Crippen molar-refractivity contribution in [1.29, 1.82) is 0 Å². The van der Waals surface area contributed by atoms with E-state index in [0.717, 1.165) is 37.3 Å². The largest absolute Gasteiger partial charge is 0.357 e. The Morgan fingerprint density at radius 1 is 1.04 bits per heavy atom. The molecule has 0 fully saturated rings. The van der Waals surface area contributed by atoms with Gasteiger partial charge in [0.2, 0.25) is 0 Å². The molecule has 1 heterocycles. The summed E-state index contributed by atoms with van der Waals surface area (Å²) in [7, 11) is 0. The van der Waals surface area contributed by atoms with E-state index in [1.54, 1.807) is 6.20 Å². The van der Waals surface area contributed by atoms with E-state index in [1.807, 2.05) is 42.5 Å². The number of carbonyl (C=O) groups is 1. The van der Waals surface area contributed by atoms with Gasteiger partial charge >= 0.3 is 0 Å². The second-order valence-electron chi connectivity index (χ2n) is 5.56. The summed E-state index contributed by atoms with van der Waals surface area (Å²) in [4.78, 5) is 18.9. The predicted octanol–water partition coefficient (Wildman–Crippen LogP) is 3.64. The summed E-state index contributed by atoms with van der Waals surface area (Å²) >= 11 is 0. The van der Waals surface area contributed by atoms with E-state index in [2.05, 4.69) is 29.0 Å². The first-order valence-electron chi connectivity index (χ1n) is 8.27. The van der Waals surface area contributed by atoms with Crippen LogP contribution in [0.5, 0.6) is 0 Å². The van der Waals surface area contributed by atoms with Gasteiger partial charge in [-0.3, -0.25) is 4.79 Å². The molecule has 0 saturated heterocycles. The number of amides is 1. The molecule has 0 saturated carbocycles. The molecule has 1 amide bonds. The van der Waals surface area contributed by atoms with Crippen molar-refractivity contribution in [2.45, 2.75) is 33.2 Å². The minimum Gasteiger partial charge on any atom is -0.357 e. The number of hydrogen-bond donors (Lipinski definition) is 1. The molecule has 0 aliphatic rings. The number of nitrogens with one attached hydrogen (secondary N) is 1. The minimum absolute atomic E-state index is 0.0922. The lowest BCUT2D eigenvalue weighted by atomic mass is 10.2. The third-order valence-electron chi connectivity index (χ3n) is 3.62. The van der Waals surface area contributed by atoms with Crippen LogP contribution in [0.1, 0.15) is 42.6 Å². The van der Waals surface area contributed by atoms with Crippen molar-refractivity contribution in [3.05, 3.63) is 59.8 Å². The van der Waals surface area contributed by atoms with Crippen molar-refractivity contribution < 1.29 is 4.79 Å². The summed E-state index contributed by atoms with van der Waals surface area (Å²) < 4.78 is 0. The SMILES string of the molecule is CCCN(CCC)c1ccc(C(=O)NCc2ccccc2)cn1. The number of carbonyl (C=O) groups excluding carboxylic acids is 1. The molecule has 0 radical (unpaired) electrons. The lowest BCUT2D eigenvalue weighted by Crippen LogP contribution is -2.26. The third kappa shape index (κ3) is 5.09. The van der Waals surface area contributed by atoms with Gasteiger partial charge in [0, 0.05) is 25.8 Å². The molecular formula is C19H25N3O. The molecule has 0 unspecified atom stereocenters. The lowest BCUT2D eigenvalue weighted by Gasteiger charge is -2.22. The van der Waals surface area contributed by atoms with Crippen LogP contribution < -0.4 is 10.2 Å². The number of aromatic nitrogens is 1. The van der Waals surface area contributed by atoms with Crippen molar-refractivity contribution in [3.8, 4) is 0 Å². The van der Waals surface area contributed by atoms with Crippen LogP contribution in [-0.4, -0.2) is 24.0 Å². The fourth-order valence-corrected chi connectivity index (χ4v) is 2.47. The van der Waals surface area contributed by atoms with Crippen LogP contribution in [0.2, 0.25) is 0 Å². The molecule has 23 heavy (non-hydrogen) atoms. The van der Waals surface area contributed by atoms with Crippen molar-refractivity contribution in [3.63, 3.8) is 0 Å². The fraction of sp³-hybridized carbons (Fsp3) is 0.368. The Morgan fingerprint density at radius 3 is 2.30 bits per heavy atom. The first-order chi connectivity index (χ1) is 11.2. The summed E-state index contributed by atoms with van der Waals surface area (Å²) in [6.07, 6.45) is 3.83. The van der Waals surface area contributed by atoms with Crippen molar-refractivity contribution in [2.24, 2.45) is 0 Å². The number of benzene rings is 1. The van der Waals surface area contributed by atoms with Crippen LogP contribution in [0.4, 0.5) is 5.82 Å². The Bertz CT molecular complexity index is 590. The molecule has 1 aromatic carbocycles. The highest BCUT2D eigenvalue weighted by atomic mass is 16.1. The number of rotatable bonds is 8. The van der Waals surface area contributed by atoms with E-state index in [0.29, 0.717) is 12.1 Å². The lowest BCUT2D eigenvalue weighted by molar-refractivity contribution is 0.0950. The fourth-order valence-electron chi connectivity index (χ4n) is 2.47. The molecule has 122 valence electrons. The van der Waals surface area contributed by atoms with Gasteiger partial charge in [-0.15, -0.1) is 0 Å². The molecule has 0 atom stereocenters. The summed E-state index contributed by atoms with van der Waals surface area (Å²) in [6, 6.07) is 13.7. The van der Waals surface area contributed by atoms with Gasteiger partial charge < -0.3 is 10.2 Å². The van der Waals surface area contributed by atoms with Crippen LogP contribution in [0.3, 0.4) is 0 Å². The van der Waals surface area contributed by atoms with E-state index in [4.69, 9.17) is 0 Å². The van der Waals surface area contributed by atoms with Gasteiger partial charge in [0.25, 0.3) is 5.91 Å². The molecule has 0 aliphatic heterocycles. The Labute approximate surface area is 138 Å². The van der Waals surface area contributed by atoms with E-state index in [1.165, 1.54) is 0 Å². The molecule has 1 aromatic heterocycles. The van der Waals surface area contributed by atoms with E-state index >= 15 is 0 Å². The van der Waals surface area contributed by atoms with Crippen molar-refractivity contribution >= 4 is 11.7 Å². The normalized spacial score (nSPS) is 10.3. The van der Waals surface area contributed by atoms with Gasteiger partial charge in [-0.05, 0) is 30.5 Å². The Kier molecular flexibility index (Phi) is 6.60. The zero-order chi connectivity index (χ0) is 16.5. The topological polar surface area (TPSA) is 45.2 Å². The summed E-state index contributed by atoms with van der Waals surface area (Å²) in [5, 5.41) is 2.92. The maximum atomic E-state index is 12.2. The second kappa shape index (κ2) is 8.93. The average Bonchev–Trinajstić information content (AvgIpc) is 2.60. The maximum Gasteiger partial charge on any atom is 0.253 e. The zero-order valence-corrected chi connectivity index (χ0v) is 14.0. The number of anilines is 1. The van der Waals surface area contributed by atoms with Gasteiger partial charge in [0.15, 0.2) is 0 Å². The van der Waals surface area contributed by atoms with Crippen LogP contribution in [0, 0.1) is 0 Å². The molecule has 0 spiro atoms. The van der Waals surface area contributed by atoms with Gasteiger partial charge in [0.05, 0.1) is 5.56 Å². The summed E-state index contributed by atoms with van der Waals surface area (Å²) in [5.41, 5.74) is 1.68. The maximum absolute atomic E-state index is 12.2. The monoisotopic (exact) mass is 311 g/mol. The van der Waals surface area contributed by atoms with Crippen LogP contribution >= 0.6 is 0 Å². The van der Waals surface area contributed by atoms with Gasteiger partial charge in [-0.2, -0.15) is 0 Å². The highest BCUT2D eigenvalue weighted by Crippen LogP contribution is 2.12. The Hall–Kier alpha value is -2.36. The van der Waals surface area contributed by atoms with Gasteiger partial charge in [-0.25, -0.2) is 4.98 Å². The number of hydrogen-bond acceptors (Lipinski definition) is 3. The Morgan fingerprint density at radius 2 is 1.74 bits per heavy atom. The average molecular weight is 311 g/mol. The van der Waals surface area contributed by atoms with Crippen LogP contribution in [0.25, 0.3) is 0 Å². The highest BCUT2D eigenvalue weighted by Gasteiger charge is 2.09. The van der Waals surface area contributed by atoms with Crippen molar-refractivity contribution in [1.82, 2.24) is 10.3 Å².